The van der Waals surface area contributed by atoms with E-state index in [0.29, 0.717) is 41.4 Å². The van der Waals surface area contributed by atoms with Crippen LogP contribution in [0, 0.1) is 6.92 Å². The molecule has 0 saturated carbocycles. The predicted molar refractivity (Wildman–Crippen MR) is 166 cm³/mol. The van der Waals surface area contributed by atoms with Crippen LogP contribution in [0.25, 0.3) is 16.6 Å². The summed E-state index contributed by atoms with van der Waals surface area (Å²) in [6, 6.07) is 11.4. The van der Waals surface area contributed by atoms with Gasteiger partial charge in [0, 0.05) is 33.5 Å². The molecule has 0 bridgehead atoms. The largest absolute Gasteiger partial charge is 0.491 e. The standard InChI is InChI=1S/C33H36ClN5O4/c1-21-17-25(29-10-11-30(33(41)42-3)39(29)36-21)26-18-23(34)7-12-32(26)43-16-15-38-22(2)35-28-9-8-24(19-27(28)31(38)20-40)37-13-5-4-6-14-37/h7,10-12,17-18,24H,4-6,8-9,13-16,19H2,1-3H3. The number of carbonyl (C=O) groups excluding carboxylic acids is 2. The zero-order chi connectivity index (χ0) is 30.1. The fourth-order valence-corrected chi connectivity index (χ4v) is 6.77. The Hall–Kier alpha value is -3.91. The maximum Gasteiger partial charge on any atom is 0.356 e. The van der Waals surface area contributed by atoms with Crippen LogP contribution in [0.4, 0.5) is 0 Å². The summed E-state index contributed by atoms with van der Waals surface area (Å²) in [6.07, 6.45) is 6.58. The number of fused-ring (bicyclic) bond motifs is 1. The van der Waals surface area contributed by atoms with Crippen molar-refractivity contribution in [3.63, 3.8) is 0 Å². The Morgan fingerprint density at radius 1 is 1.09 bits per heavy atom. The lowest BCUT2D eigenvalue weighted by Gasteiger charge is -2.40. The second kappa shape index (κ2) is 12.4. The average molecular weight is 602 g/mol. The highest BCUT2D eigenvalue weighted by Gasteiger charge is 2.33. The highest BCUT2D eigenvalue weighted by atomic mass is 35.5. The van der Waals surface area contributed by atoms with Crippen LogP contribution in [0.1, 0.15) is 61.6 Å². The maximum atomic E-state index is 12.4. The number of methoxy groups -OCH3 is 1. The second-order valence-corrected chi connectivity index (χ2v) is 11.8. The van der Waals surface area contributed by atoms with Crippen LogP contribution in [-0.2, 0) is 9.53 Å². The molecule has 0 radical (unpaired) electrons. The molecule has 10 heteroatoms. The zero-order valence-corrected chi connectivity index (χ0v) is 25.6. The van der Waals surface area contributed by atoms with Gasteiger partial charge >= 0.3 is 5.97 Å². The van der Waals surface area contributed by atoms with E-state index >= 15 is 0 Å². The minimum Gasteiger partial charge on any atom is -0.491 e. The van der Waals surface area contributed by atoms with Crippen molar-refractivity contribution in [1.29, 1.82) is 0 Å². The number of aromatic nitrogens is 2. The smallest absolute Gasteiger partial charge is 0.356 e. The molecule has 1 unspecified atom stereocenters. The highest BCUT2D eigenvalue weighted by molar-refractivity contribution is 6.31. The first-order valence-corrected chi connectivity index (χ1v) is 15.3. The number of nitrogens with zero attached hydrogens (tertiary/aromatic N) is 5. The summed E-state index contributed by atoms with van der Waals surface area (Å²) in [5.41, 5.74) is 6.01. The SMILES string of the molecule is COC(=O)c1ccc2c(-c3cc(Cl)ccc3OCCN3C(=C=O)C4=C(CCC(N5CCCCC5)C4)N=C3C)cc(C)nn12. The van der Waals surface area contributed by atoms with Gasteiger partial charge in [0.2, 0.25) is 0 Å². The summed E-state index contributed by atoms with van der Waals surface area (Å²) >= 11 is 6.45. The minimum absolute atomic E-state index is 0.305. The van der Waals surface area contributed by atoms with Crippen LogP contribution in [0.3, 0.4) is 0 Å². The fourth-order valence-electron chi connectivity index (χ4n) is 6.60. The van der Waals surface area contributed by atoms with E-state index in [1.54, 1.807) is 16.6 Å². The van der Waals surface area contributed by atoms with Gasteiger partial charge in [0.15, 0.2) is 11.6 Å². The Morgan fingerprint density at radius 3 is 2.67 bits per heavy atom. The van der Waals surface area contributed by atoms with Crippen molar-refractivity contribution in [3.05, 3.63) is 69.8 Å². The molecule has 1 saturated heterocycles. The zero-order valence-electron chi connectivity index (χ0n) is 24.9. The van der Waals surface area contributed by atoms with Gasteiger partial charge in [-0.1, -0.05) is 18.0 Å². The van der Waals surface area contributed by atoms with Gasteiger partial charge in [-0.25, -0.2) is 19.1 Å². The van der Waals surface area contributed by atoms with E-state index in [1.807, 2.05) is 43.0 Å². The molecule has 1 aliphatic carbocycles. The maximum absolute atomic E-state index is 12.4. The van der Waals surface area contributed by atoms with Crippen molar-refractivity contribution < 1.29 is 19.1 Å². The van der Waals surface area contributed by atoms with E-state index in [1.165, 1.54) is 26.4 Å². The van der Waals surface area contributed by atoms with Crippen LogP contribution >= 0.6 is 11.6 Å². The molecule has 2 aromatic heterocycles. The first-order valence-electron chi connectivity index (χ1n) is 14.9. The lowest BCUT2D eigenvalue weighted by Crippen LogP contribution is -2.43. The molecule has 1 aromatic carbocycles. The third kappa shape index (κ3) is 5.73. The highest BCUT2D eigenvalue weighted by Crippen LogP contribution is 2.39. The molecule has 0 spiro atoms. The molecule has 1 atom stereocenters. The van der Waals surface area contributed by atoms with Crippen molar-refractivity contribution in [2.45, 2.75) is 58.4 Å². The van der Waals surface area contributed by atoms with Crippen LogP contribution in [0.5, 0.6) is 5.75 Å². The molecule has 4 heterocycles. The number of ether oxygens (including phenoxy) is 2. The van der Waals surface area contributed by atoms with Gasteiger partial charge in [0.05, 0.1) is 24.9 Å². The Bertz CT molecular complexity index is 1680. The summed E-state index contributed by atoms with van der Waals surface area (Å²) in [7, 11) is 1.35. The topological polar surface area (TPSA) is 88.7 Å². The molecular weight excluding hydrogens is 566 g/mol. The van der Waals surface area contributed by atoms with E-state index < -0.39 is 5.97 Å². The molecular formula is C33H36ClN5O4. The van der Waals surface area contributed by atoms with Gasteiger partial charge in [0.25, 0.3) is 0 Å². The Balaban J connectivity index is 1.23. The van der Waals surface area contributed by atoms with Crippen molar-refractivity contribution in [1.82, 2.24) is 19.4 Å². The third-order valence-corrected chi connectivity index (χ3v) is 8.93. The number of aliphatic imine (C=N–C) groups is 1. The van der Waals surface area contributed by atoms with Crippen molar-refractivity contribution >= 4 is 34.9 Å². The molecule has 2 aliphatic heterocycles. The molecule has 224 valence electrons. The molecule has 1 fully saturated rings. The lowest BCUT2D eigenvalue weighted by atomic mass is 9.87. The number of hydrogen-bond donors (Lipinski definition) is 0. The number of piperidine rings is 1. The monoisotopic (exact) mass is 601 g/mol. The number of hydrogen-bond acceptors (Lipinski definition) is 8. The minimum atomic E-state index is -0.470. The second-order valence-electron chi connectivity index (χ2n) is 11.4. The molecule has 3 aliphatic rings. The van der Waals surface area contributed by atoms with Crippen molar-refractivity contribution in [2.75, 3.05) is 33.4 Å². The normalized spacial score (nSPS) is 19.3. The summed E-state index contributed by atoms with van der Waals surface area (Å²) in [6.45, 7) is 6.81. The van der Waals surface area contributed by atoms with E-state index in [2.05, 4.69) is 15.9 Å². The van der Waals surface area contributed by atoms with Crippen LogP contribution in [0.15, 0.2) is 58.4 Å². The van der Waals surface area contributed by atoms with Gasteiger partial charge in [0.1, 0.15) is 23.9 Å². The van der Waals surface area contributed by atoms with Gasteiger partial charge < -0.3 is 19.3 Å². The van der Waals surface area contributed by atoms with E-state index in [-0.39, 0.29) is 0 Å². The van der Waals surface area contributed by atoms with E-state index in [0.717, 1.165) is 71.8 Å². The molecule has 6 rings (SSSR count). The summed E-state index contributed by atoms with van der Waals surface area (Å²) in [5.74, 6) is 3.20. The average Bonchev–Trinajstić information content (AvgIpc) is 3.45. The number of halogens is 1. The number of aryl methyl sites for hydroxylation is 1. The Kier molecular flexibility index (Phi) is 8.39. The van der Waals surface area contributed by atoms with Crippen LogP contribution in [-0.4, -0.2) is 76.6 Å². The summed E-state index contributed by atoms with van der Waals surface area (Å²) < 4.78 is 12.9. The number of carbonyl (C=O) groups is 1. The van der Waals surface area contributed by atoms with Gasteiger partial charge in [-0.3, -0.25) is 0 Å². The van der Waals surface area contributed by atoms with E-state index in [4.69, 9.17) is 26.1 Å². The quantitative estimate of drug-likeness (QED) is 0.247. The van der Waals surface area contributed by atoms with Crippen molar-refractivity contribution in [2.24, 2.45) is 4.99 Å². The van der Waals surface area contributed by atoms with Crippen molar-refractivity contribution in [3.8, 4) is 16.9 Å². The Morgan fingerprint density at radius 2 is 1.91 bits per heavy atom. The molecule has 0 amide bonds. The first kappa shape index (κ1) is 29.2. The number of esters is 1. The molecule has 43 heavy (non-hydrogen) atoms. The summed E-state index contributed by atoms with van der Waals surface area (Å²) in [4.78, 5) is 34.2. The Labute approximate surface area is 256 Å². The van der Waals surface area contributed by atoms with Gasteiger partial charge in [-0.15, -0.1) is 0 Å². The molecule has 0 N–H and O–H groups in total. The number of likely N-dealkylation sites (tertiary alicyclic amines) is 1. The number of amidine groups is 1. The first-order chi connectivity index (χ1) is 20.9. The third-order valence-electron chi connectivity index (χ3n) is 8.69. The summed E-state index contributed by atoms with van der Waals surface area (Å²) in [5, 5.41) is 5.09. The van der Waals surface area contributed by atoms with Crippen LogP contribution < -0.4 is 4.74 Å². The molecule has 9 nitrogen and oxygen atoms in total. The lowest BCUT2D eigenvalue weighted by molar-refractivity contribution is 0.0591. The number of allylic oxidation sites excluding steroid dienone is 2. The fraction of sp³-hybridized carbons (Fsp3) is 0.424. The predicted octanol–water partition coefficient (Wildman–Crippen LogP) is 5.87. The van der Waals surface area contributed by atoms with Gasteiger partial charge in [-0.05, 0) is 95.4 Å². The van der Waals surface area contributed by atoms with Crippen LogP contribution in [0.2, 0.25) is 5.02 Å². The number of rotatable bonds is 7. The molecule has 3 aromatic rings. The number of benzene rings is 1. The van der Waals surface area contributed by atoms with Gasteiger partial charge in [-0.2, -0.15) is 5.10 Å². The van der Waals surface area contributed by atoms with E-state index in [9.17, 15) is 9.59 Å².